The van der Waals surface area contributed by atoms with Gasteiger partial charge < -0.3 is 5.32 Å². The lowest BCUT2D eigenvalue weighted by Gasteiger charge is -2.14. The summed E-state index contributed by atoms with van der Waals surface area (Å²) in [7, 11) is 0. The Bertz CT molecular complexity index is 572. The lowest BCUT2D eigenvalue weighted by Crippen LogP contribution is -2.30. The van der Waals surface area contributed by atoms with Gasteiger partial charge in [-0.05, 0) is 19.1 Å². The molecule has 0 radical (unpaired) electrons. The van der Waals surface area contributed by atoms with Crippen molar-refractivity contribution >= 4 is 0 Å². The first-order chi connectivity index (χ1) is 9.20. The van der Waals surface area contributed by atoms with E-state index in [-0.39, 0.29) is 11.6 Å². The van der Waals surface area contributed by atoms with E-state index < -0.39 is 5.82 Å². The molecule has 1 heterocycles. The molecule has 0 amide bonds. The zero-order valence-electron chi connectivity index (χ0n) is 10.7. The maximum atomic E-state index is 13.8. The van der Waals surface area contributed by atoms with Gasteiger partial charge in [0.1, 0.15) is 11.9 Å². The Hall–Kier alpha value is -2.19. The Balaban J connectivity index is 1.94. The van der Waals surface area contributed by atoms with Gasteiger partial charge in [0.2, 0.25) is 0 Å². The third-order valence-electron chi connectivity index (χ3n) is 2.86. The van der Waals surface area contributed by atoms with Crippen molar-refractivity contribution in [1.29, 1.82) is 5.26 Å². The van der Waals surface area contributed by atoms with Crippen molar-refractivity contribution in [2.45, 2.75) is 26.1 Å². The summed E-state index contributed by atoms with van der Waals surface area (Å²) in [5.74, 6) is -0.441. The van der Waals surface area contributed by atoms with E-state index in [4.69, 9.17) is 5.26 Å². The summed E-state index contributed by atoms with van der Waals surface area (Å²) >= 11 is 0. The minimum atomic E-state index is -0.441. The van der Waals surface area contributed by atoms with E-state index in [1.165, 1.54) is 6.07 Å². The molecule has 5 heteroatoms. The molecule has 2 aromatic rings. The molecule has 0 aliphatic rings. The van der Waals surface area contributed by atoms with Crippen molar-refractivity contribution in [3.63, 3.8) is 0 Å². The van der Waals surface area contributed by atoms with E-state index in [0.29, 0.717) is 18.7 Å². The molecule has 2 rings (SSSR count). The summed E-state index contributed by atoms with van der Waals surface area (Å²) < 4.78 is 15.6. The van der Waals surface area contributed by atoms with Gasteiger partial charge in [-0.1, -0.05) is 12.1 Å². The Morgan fingerprint density at radius 2 is 2.32 bits per heavy atom. The average Bonchev–Trinajstić information content (AvgIpc) is 2.90. The molecule has 1 unspecified atom stereocenters. The van der Waals surface area contributed by atoms with Gasteiger partial charge in [-0.15, -0.1) is 0 Å². The number of benzene rings is 1. The average molecular weight is 258 g/mol. The zero-order valence-corrected chi connectivity index (χ0v) is 10.7. The molecule has 1 N–H and O–H groups in total. The second kappa shape index (κ2) is 6.12. The summed E-state index contributed by atoms with van der Waals surface area (Å²) in [4.78, 5) is 0. The van der Waals surface area contributed by atoms with Crippen LogP contribution in [0.3, 0.4) is 0 Å². The molecule has 0 spiro atoms. The Labute approximate surface area is 111 Å². The van der Waals surface area contributed by atoms with Crippen molar-refractivity contribution < 1.29 is 4.39 Å². The molecule has 1 aromatic carbocycles. The van der Waals surface area contributed by atoms with E-state index in [2.05, 4.69) is 10.4 Å². The number of nitrogens with zero attached hydrogens (tertiary/aromatic N) is 3. The maximum absolute atomic E-state index is 13.8. The highest BCUT2D eigenvalue weighted by molar-refractivity contribution is 5.34. The molecule has 19 heavy (non-hydrogen) atoms. The predicted octanol–water partition coefficient (Wildman–Crippen LogP) is 2.07. The molecule has 0 saturated heterocycles. The van der Waals surface area contributed by atoms with Crippen LogP contribution in [0.1, 0.15) is 18.1 Å². The van der Waals surface area contributed by atoms with Gasteiger partial charge in [0, 0.05) is 30.5 Å². The van der Waals surface area contributed by atoms with Crippen LogP contribution in [-0.2, 0) is 13.1 Å². The first-order valence-corrected chi connectivity index (χ1v) is 6.09. The van der Waals surface area contributed by atoms with Crippen molar-refractivity contribution in [2.75, 3.05) is 0 Å². The zero-order chi connectivity index (χ0) is 13.7. The molecule has 0 aliphatic heterocycles. The largest absolute Gasteiger partial charge is 0.308 e. The molecule has 98 valence electrons. The van der Waals surface area contributed by atoms with Gasteiger partial charge in [0.05, 0.1) is 12.1 Å². The first kappa shape index (κ1) is 13.2. The maximum Gasteiger partial charge on any atom is 0.145 e. The van der Waals surface area contributed by atoms with Crippen LogP contribution in [0, 0.1) is 17.1 Å². The van der Waals surface area contributed by atoms with Crippen molar-refractivity contribution in [2.24, 2.45) is 0 Å². The third-order valence-corrected chi connectivity index (χ3v) is 2.86. The van der Waals surface area contributed by atoms with E-state index in [1.54, 1.807) is 18.3 Å². The molecule has 0 saturated carbocycles. The van der Waals surface area contributed by atoms with Gasteiger partial charge in [0.25, 0.3) is 0 Å². The molecule has 1 atom stereocenters. The van der Waals surface area contributed by atoms with E-state index in [9.17, 15) is 4.39 Å². The number of hydrogen-bond donors (Lipinski definition) is 1. The summed E-state index contributed by atoms with van der Waals surface area (Å²) in [5.41, 5.74) is 0.588. The monoisotopic (exact) mass is 258 g/mol. The summed E-state index contributed by atoms with van der Waals surface area (Å²) in [5, 5.41) is 16.1. The van der Waals surface area contributed by atoms with Crippen molar-refractivity contribution in [3.8, 4) is 6.07 Å². The number of nitriles is 1. The molecular weight excluding hydrogens is 243 g/mol. The van der Waals surface area contributed by atoms with Crippen molar-refractivity contribution in [3.05, 3.63) is 53.6 Å². The van der Waals surface area contributed by atoms with Gasteiger partial charge in [0.15, 0.2) is 0 Å². The number of halogens is 1. The van der Waals surface area contributed by atoms with Gasteiger partial charge >= 0.3 is 0 Å². The summed E-state index contributed by atoms with van der Waals surface area (Å²) in [6.07, 6.45) is 3.61. The fourth-order valence-electron chi connectivity index (χ4n) is 1.84. The second-order valence-electron chi connectivity index (χ2n) is 4.40. The lowest BCUT2D eigenvalue weighted by atomic mass is 10.1. The minimum absolute atomic E-state index is 0.0824. The normalized spacial score (nSPS) is 12.1. The van der Waals surface area contributed by atoms with E-state index >= 15 is 0 Å². The van der Waals surface area contributed by atoms with Crippen LogP contribution in [0.4, 0.5) is 4.39 Å². The Morgan fingerprint density at radius 3 is 3.00 bits per heavy atom. The highest BCUT2D eigenvalue weighted by Crippen LogP contribution is 2.12. The molecular formula is C14H15FN4. The van der Waals surface area contributed by atoms with Crippen LogP contribution >= 0.6 is 0 Å². The first-order valence-electron chi connectivity index (χ1n) is 6.09. The molecule has 0 bridgehead atoms. The Morgan fingerprint density at radius 1 is 1.47 bits per heavy atom. The van der Waals surface area contributed by atoms with Crippen LogP contribution in [0.25, 0.3) is 0 Å². The van der Waals surface area contributed by atoms with Crippen LogP contribution in [0.5, 0.6) is 0 Å². The lowest BCUT2D eigenvalue weighted by molar-refractivity contribution is 0.445. The molecule has 1 aromatic heterocycles. The van der Waals surface area contributed by atoms with Crippen LogP contribution in [0.15, 0.2) is 36.7 Å². The van der Waals surface area contributed by atoms with E-state index in [0.717, 1.165) is 0 Å². The minimum Gasteiger partial charge on any atom is -0.308 e. The van der Waals surface area contributed by atoms with Gasteiger partial charge in [-0.2, -0.15) is 10.4 Å². The van der Waals surface area contributed by atoms with Gasteiger partial charge in [-0.3, -0.25) is 4.68 Å². The van der Waals surface area contributed by atoms with Crippen LogP contribution in [-0.4, -0.2) is 15.8 Å². The number of hydrogen-bond acceptors (Lipinski definition) is 3. The summed E-state index contributed by atoms with van der Waals surface area (Å²) in [6, 6.07) is 8.72. The number of aromatic nitrogens is 2. The van der Waals surface area contributed by atoms with E-state index in [1.807, 2.05) is 29.9 Å². The Kier molecular flexibility index (Phi) is 4.26. The fraction of sp³-hybridized carbons (Fsp3) is 0.286. The van der Waals surface area contributed by atoms with Crippen LogP contribution in [0.2, 0.25) is 0 Å². The fourth-order valence-corrected chi connectivity index (χ4v) is 1.84. The quantitative estimate of drug-likeness (QED) is 0.893. The standard InChI is InChI=1S/C14H15FN4/c1-11(10-19-7-3-6-18-19)17-9-13-5-2-4-12(8-16)14(13)15/h2-7,11,17H,9-10H2,1H3. The smallest absolute Gasteiger partial charge is 0.145 e. The highest BCUT2D eigenvalue weighted by atomic mass is 19.1. The number of rotatable bonds is 5. The topological polar surface area (TPSA) is 53.6 Å². The molecule has 4 nitrogen and oxygen atoms in total. The third kappa shape index (κ3) is 3.39. The van der Waals surface area contributed by atoms with Gasteiger partial charge in [-0.25, -0.2) is 4.39 Å². The summed E-state index contributed by atoms with van der Waals surface area (Å²) in [6.45, 7) is 3.12. The SMILES string of the molecule is CC(Cn1cccn1)NCc1cccc(C#N)c1F. The second-order valence-corrected chi connectivity index (χ2v) is 4.40. The molecule has 0 fully saturated rings. The van der Waals surface area contributed by atoms with Crippen LogP contribution < -0.4 is 5.32 Å². The predicted molar refractivity (Wildman–Crippen MR) is 69.6 cm³/mol. The number of nitrogens with one attached hydrogen (secondary N) is 1. The van der Waals surface area contributed by atoms with Crippen molar-refractivity contribution in [1.82, 2.24) is 15.1 Å². The highest BCUT2D eigenvalue weighted by Gasteiger charge is 2.09. The molecule has 0 aliphatic carbocycles.